The van der Waals surface area contributed by atoms with E-state index in [4.69, 9.17) is 0 Å². The second kappa shape index (κ2) is 2.30. The summed E-state index contributed by atoms with van der Waals surface area (Å²) in [5.41, 5.74) is 0.583. The molecule has 1 unspecified atom stereocenters. The van der Waals surface area contributed by atoms with Gasteiger partial charge in [0, 0.05) is 6.04 Å². The van der Waals surface area contributed by atoms with E-state index in [9.17, 15) is 0 Å². The molecule has 1 N–H and O–H groups in total. The first-order valence-electron chi connectivity index (χ1n) is 3.92. The van der Waals surface area contributed by atoms with Gasteiger partial charge in [-0.1, -0.05) is 13.8 Å². The van der Waals surface area contributed by atoms with Crippen LogP contribution in [0, 0.1) is 5.41 Å². The predicted octanol–water partition coefficient (Wildman–Crippen LogP) is 1.78. The fourth-order valence-electron chi connectivity index (χ4n) is 1.52. The molecule has 1 fully saturated rings. The van der Waals surface area contributed by atoms with Crippen LogP contribution in [0.4, 0.5) is 0 Å². The van der Waals surface area contributed by atoms with Crippen LogP contribution >= 0.6 is 0 Å². The van der Waals surface area contributed by atoms with Gasteiger partial charge in [0.25, 0.3) is 0 Å². The zero-order chi connectivity index (χ0) is 6.91. The maximum absolute atomic E-state index is 3.46. The van der Waals surface area contributed by atoms with Gasteiger partial charge in [-0.25, -0.2) is 0 Å². The quantitative estimate of drug-likeness (QED) is 0.566. The van der Waals surface area contributed by atoms with Crippen LogP contribution in [-0.2, 0) is 0 Å². The molecular weight excluding hydrogens is 110 g/mol. The van der Waals surface area contributed by atoms with E-state index in [1.54, 1.807) is 0 Å². The van der Waals surface area contributed by atoms with Crippen molar-refractivity contribution in [1.82, 2.24) is 5.32 Å². The van der Waals surface area contributed by atoms with Crippen molar-refractivity contribution in [1.29, 1.82) is 0 Å². The van der Waals surface area contributed by atoms with Crippen molar-refractivity contribution in [3.05, 3.63) is 0 Å². The highest BCUT2D eigenvalue weighted by Gasteiger charge is 2.33. The van der Waals surface area contributed by atoms with E-state index in [1.807, 2.05) is 0 Å². The van der Waals surface area contributed by atoms with Gasteiger partial charge in [-0.05, 0) is 31.7 Å². The van der Waals surface area contributed by atoms with Crippen molar-refractivity contribution < 1.29 is 0 Å². The van der Waals surface area contributed by atoms with Crippen LogP contribution < -0.4 is 5.32 Å². The van der Waals surface area contributed by atoms with Crippen LogP contribution in [0.5, 0.6) is 0 Å². The third-order valence-electron chi connectivity index (χ3n) is 3.00. The Balaban J connectivity index is 2.56. The Labute approximate surface area is 57.8 Å². The minimum Gasteiger partial charge on any atom is -0.314 e. The average molecular weight is 127 g/mol. The highest BCUT2D eigenvalue weighted by molar-refractivity contribution is 4.89. The molecule has 2 atom stereocenters. The Morgan fingerprint density at radius 1 is 1.67 bits per heavy atom. The molecule has 0 aromatic heterocycles. The predicted molar refractivity (Wildman–Crippen MR) is 40.5 cm³/mol. The second-order valence-corrected chi connectivity index (χ2v) is 3.43. The molecule has 1 heterocycles. The third-order valence-corrected chi connectivity index (χ3v) is 3.00. The van der Waals surface area contributed by atoms with Gasteiger partial charge in [0.05, 0.1) is 0 Å². The lowest BCUT2D eigenvalue weighted by molar-refractivity contribution is 0.283. The molecule has 0 aromatic carbocycles. The Kier molecular flexibility index (Phi) is 1.80. The van der Waals surface area contributed by atoms with Crippen LogP contribution in [0.2, 0.25) is 0 Å². The molecule has 0 aromatic rings. The van der Waals surface area contributed by atoms with Gasteiger partial charge >= 0.3 is 0 Å². The van der Waals surface area contributed by atoms with Crippen molar-refractivity contribution in [2.45, 2.75) is 39.7 Å². The fourth-order valence-corrected chi connectivity index (χ4v) is 1.52. The standard InChI is InChI=1S/C8H17N/c1-4-8(3)5-6-9-7(8)2/h7,9H,4-6H2,1-3H3/t7-,8?/m1/s1. The summed E-state index contributed by atoms with van der Waals surface area (Å²) in [6.07, 6.45) is 2.66. The lowest BCUT2D eigenvalue weighted by atomic mass is 9.81. The molecule has 0 aliphatic carbocycles. The maximum atomic E-state index is 3.46. The normalized spacial score (nSPS) is 43.7. The van der Waals surface area contributed by atoms with Crippen LogP contribution in [-0.4, -0.2) is 12.6 Å². The second-order valence-electron chi connectivity index (χ2n) is 3.43. The molecule has 0 bridgehead atoms. The van der Waals surface area contributed by atoms with Crippen molar-refractivity contribution >= 4 is 0 Å². The zero-order valence-electron chi connectivity index (χ0n) is 6.70. The van der Waals surface area contributed by atoms with Gasteiger partial charge in [0.1, 0.15) is 0 Å². The molecule has 1 aliphatic heterocycles. The molecule has 54 valence electrons. The Bertz CT molecular complexity index is 101. The third kappa shape index (κ3) is 1.11. The minimum atomic E-state index is 0.583. The molecule has 0 radical (unpaired) electrons. The van der Waals surface area contributed by atoms with E-state index in [0.717, 1.165) is 6.04 Å². The SMILES string of the molecule is CCC1(C)CCN[C@@H]1C. The largest absolute Gasteiger partial charge is 0.314 e. The lowest BCUT2D eigenvalue weighted by Crippen LogP contribution is -2.30. The van der Waals surface area contributed by atoms with E-state index in [2.05, 4.69) is 26.1 Å². The molecule has 1 aliphatic rings. The molecule has 1 saturated heterocycles. The fraction of sp³-hybridized carbons (Fsp3) is 1.00. The number of hydrogen-bond acceptors (Lipinski definition) is 1. The van der Waals surface area contributed by atoms with E-state index in [-0.39, 0.29) is 0 Å². The molecule has 1 rings (SSSR count). The monoisotopic (exact) mass is 127 g/mol. The van der Waals surface area contributed by atoms with Crippen LogP contribution in [0.15, 0.2) is 0 Å². The Morgan fingerprint density at radius 3 is 2.56 bits per heavy atom. The Hall–Kier alpha value is -0.0400. The van der Waals surface area contributed by atoms with E-state index < -0.39 is 0 Å². The van der Waals surface area contributed by atoms with E-state index >= 15 is 0 Å². The van der Waals surface area contributed by atoms with Gasteiger partial charge in [-0.15, -0.1) is 0 Å². The molecule has 0 amide bonds. The van der Waals surface area contributed by atoms with Gasteiger partial charge in [-0.3, -0.25) is 0 Å². The summed E-state index contributed by atoms with van der Waals surface area (Å²) >= 11 is 0. The van der Waals surface area contributed by atoms with Crippen molar-refractivity contribution in [2.75, 3.05) is 6.54 Å². The van der Waals surface area contributed by atoms with Gasteiger partial charge in [0.2, 0.25) is 0 Å². The number of rotatable bonds is 1. The van der Waals surface area contributed by atoms with Crippen molar-refractivity contribution in [3.63, 3.8) is 0 Å². The van der Waals surface area contributed by atoms with Crippen LogP contribution in [0.1, 0.15) is 33.6 Å². The first-order valence-corrected chi connectivity index (χ1v) is 3.92. The zero-order valence-corrected chi connectivity index (χ0v) is 6.70. The number of hydrogen-bond donors (Lipinski definition) is 1. The maximum Gasteiger partial charge on any atom is 0.00929 e. The summed E-state index contributed by atoms with van der Waals surface area (Å²) in [5.74, 6) is 0. The molecule has 0 saturated carbocycles. The molecule has 9 heavy (non-hydrogen) atoms. The van der Waals surface area contributed by atoms with Crippen molar-refractivity contribution in [2.24, 2.45) is 5.41 Å². The topological polar surface area (TPSA) is 12.0 Å². The minimum absolute atomic E-state index is 0.583. The lowest BCUT2D eigenvalue weighted by Gasteiger charge is -2.26. The Morgan fingerprint density at radius 2 is 2.33 bits per heavy atom. The summed E-state index contributed by atoms with van der Waals surface area (Å²) in [7, 11) is 0. The molecule has 1 heteroatoms. The number of nitrogens with one attached hydrogen (secondary N) is 1. The summed E-state index contributed by atoms with van der Waals surface area (Å²) in [6.45, 7) is 8.16. The summed E-state index contributed by atoms with van der Waals surface area (Å²) < 4.78 is 0. The summed E-state index contributed by atoms with van der Waals surface area (Å²) in [5, 5.41) is 3.46. The highest BCUT2D eigenvalue weighted by atomic mass is 15.0. The average Bonchev–Trinajstić information content (AvgIpc) is 2.15. The van der Waals surface area contributed by atoms with Crippen molar-refractivity contribution in [3.8, 4) is 0 Å². The van der Waals surface area contributed by atoms with Gasteiger partial charge in [-0.2, -0.15) is 0 Å². The summed E-state index contributed by atoms with van der Waals surface area (Å²) in [4.78, 5) is 0. The van der Waals surface area contributed by atoms with Gasteiger partial charge < -0.3 is 5.32 Å². The highest BCUT2D eigenvalue weighted by Crippen LogP contribution is 2.33. The molecule has 1 nitrogen and oxygen atoms in total. The van der Waals surface area contributed by atoms with E-state index in [0.29, 0.717) is 5.41 Å². The molecule has 0 spiro atoms. The van der Waals surface area contributed by atoms with Gasteiger partial charge in [0.15, 0.2) is 0 Å². The first-order chi connectivity index (χ1) is 4.19. The molecular formula is C8H17N. The van der Waals surface area contributed by atoms with Crippen LogP contribution in [0.3, 0.4) is 0 Å². The smallest absolute Gasteiger partial charge is 0.00929 e. The summed E-state index contributed by atoms with van der Waals surface area (Å²) in [6, 6.07) is 0.725. The first kappa shape index (κ1) is 7.07. The van der Waals surface area contributed by atoms with E-state index in [1.165, 1.54) is 19.4 Å². The van der Waals surface area contributed by atoms with Crippen LogP contribution in [0.25, 0.3) is 0 Å².